The molecule has 0 aliphatic carbocycles. The number of carbonyl (C=O) groups excluding carboxylic acids is 1. The lowest BCUT2D eigenvalue weighted by atomic mass is 10.0. The van der Waals surface area contributed by atoms with E-state index < -0.39 is 0 Å². The SMILES string of the molecule is CCn1nc(CN2CCC(NC(=O)Nc3ccc(C)cc3C)CC2)c2c1CCOC2. The molecule has 1 fully saturated rings. The number of ether oxygens (including phenoxy) is 1. The summed E-state index contributed by atoms with van der Waals surface area (Å²) in [5.41, 5.74) is 6.94. The molecule has 2 N–H and O–H groups in total. The monoisotopic (exact) mass is 411 g/mol. The zero-order valence-corrected chi connectivity index (χ0v) is 18.3. The van der Waals surface area contributed by atoms with E-state index >= 15 is 0 Å². The molecule has 0 radical (unpaired) electrons. The summed E-state index contributed by atoms with van der Waals surface area (Å²) in [6, 6.07) is 6.15. The summed E-state index contributed by atoms with van der Waals surface area (Å²) in [5.74, 6) is 0. The number of nitrogens with one attached hydrogen (secondary N) is 2. The maximum atomic E-state index is 12.4. The third kappa shape index (κ3) is 4.68. The van der Waals surface area contributed by atoms with Crippen molar-refractivity contribution < 1.29 is 9.53 Å². The molecule has 2 aliphatic rings. The minimum absolute atomic E-state index is 0.117. The number of piperidine rings is 1. The van der Waals surface area contributed by atoms with Gasteiger partial charge in [0, 0.05) is 55.6 Å². The minimum atomic E-state index is -0.117. The van der Waals surface area contributed by atoms with E-state index in [9.17, 15) is 4.79 Å². The summed E-state index contributed by atoms with van der Waals surface area (Å²) in [6.45, 7) is 11.4. The number of aromatic nitrogens is 2. The average molecular weight is 412 g/mol. The van der Waals surface area contributed by atoms with Crippen LogP contribution in [0, 0.1) is 13.8 Å². The average Bonchev–Trinajstić information content (AvgIpc) is 3.09. The Balaban J connectivity index is 1.28. The molecule has 0 saturated carbocycles. The third-order valence-electron chi connectivity index (χ3n) is 6.21. The smallest absolute Gasteiger partial charge is 0.319 e. The van der Waals surface area contributed by atoms with E-state index in [1.807, 2.05) is 19.1 Å². The van der Waals surface area contributed by atoms with Crippen LogP contribution in [0.2, 0.25) is 0 Å². The van der Waals surface area contributed by atoms with Gasteiger partial charge in [-0.25, -0.2) is 4.79 Å². The minimum Gasteiger partial charge on any atom is -0.376 e. The summed E-state index contributed by atoms with van der Waals surface area (Å²) >= 11 is 0. The van der Waals surface area contributed by atoms with Gasteiger partial charge >= 0.3 is 6.03 Å². The summed E-state index contributed by atoms with van der Waals surface area (Å²) in [7, 11) is 0. The molecule has 0 bridgehead atoms. The van der Waals surface area contributed by atoms with Crippen LogP contribution in [-0.4, -0.2) is 46.4 Å². The van der Waals surface area contributed by atoms with Crippen LogP contribution in [0.1, 0.15) is 47.8 Å². The van der Waals surface area contributed by atoms with Gasteiger partial charge in [-0.1, -0.05) is 17.7 Å². The lowest BCUT2D eigenvalue weighted by molar-refractivity contribution is 0.107. The standard InChI is InChI=1S/C23H33N5O2/c1-4-28-22-9-12-30-15-19(22)21(26-28)14-27-10-7-18(8-11-27)24-23(29)25-20-6-5-16(2)13-17(20)3/h5-6,13,18H,4,7-12,14-15H2,1-3H3,(H2,24,25,29). The van der Waals surface area contributed by atoms with E-state index in [-0.39, 0.29) is 12.1 Å². The van der Waals surface area contributed by atoms with Gasteiger partial charge in [0.25, 0.3) is 0 Å². The summed E-state index contributed by atoms with van der Waals surface area (Å²) < 4.78 is 7.82. The largest absolute Gasteiger partial charge is 0.376 e. The van der Waals surface area contributed by atoms with E-state index in [1.165, 1.54) is 16.8 Å². The molecule has 2 amide bonds. The summed E-state index contributed by atoms with van der Waals surface area (Å²) in [4.78, 5) is 14.9. The second-order valence-electron chi connectivity index (χ2n) is 8.46. The fourth-order valence-electron chi connectivity index (χ4n) is 4.51. The highest BCUT2D eigenvalue weighted by Gasteiger charge is 2.25. The molecular formula is C23H33N5O2. The zero-order valence-electron chi connectivity index (χ0n) is 18.3. The first-order valence-corrected chi connectivity index (χ1v) is 11.1. The lowest BCUT2D eigenvalue weighted by Crippen LogP contribution is -2.45. The topological polar surface area (TPSA) is 71.4 Å². The second-order valence-corrected chi connectivity index (χ2v) is 8.46. The van der Waals surface area contributed by atoms with E-state index in [0.717, 1.165) is 69.0 Å². The number of rotatable bonds is 5. The Bertz CT molecular complexity index is 899. The number of urea groups is 1. The van der Waals surface area contributed by atoms with Gasteiger partial charge in [0.15, 0.2) is 0 Å². The van der Waals surface area contributed by atoms with Crippen molar-refractivity contribution in [3.05, 3.63) is 46.3 Å². The molecule has 1 saturated heterocycles. The summed E-state index contributed by atoms with van der Waals surface area (Å²) in [6.07, 6.45) is 2.86. The lowest BCUT2D eigenvalue weighted by Gasteiger charge is -2.32. The third-order valence-corrected chi connectivity index (χ3v) is 6.21. The summed E-state index contributed by atoms with van der Waals surface area (Å²) in [5, 5.41) is 11.0. The van der Waals surface area contributed by atoms with Crippen molar-refractivity contribution in [2.75, 3.05) is 25.0 Å². The predicted molar refractivity (Wildman–Crippen MR) is 118 cm³/mol. The molecule has 1 aromatic carbocycles. The van der Waals surface area contributed by atoms with Gasteiger partial charge in [-0.2, -0.15) is 5.10 Å². The molecule has 0 atom stereocenters. The highest BCUT2D eigenvalue weighted by atomic mass is 16.5. The van der Waals surface area contributed by atoms with Crippen LogP contribution < -0.4 is 10.6 Å². The van der Waals surface area contributed by atoms with E-state index in [0.29, 0.717) is 6.61 Å². The predicted octanol–water partition coefficient (Wildman–Crippen LogP) is 3.38. The fraction of sp³-hybridized carbons (Fsp3) is 0.565. The van der Waals surface area contributed by atoms with Crippen LogP contribution in [0.5, 0.6) is 0 Å². The zero-order chi connectivity index (χ0) is 21.1. The van der Waals surface area contributed by atoms with Crippen molar-refractivity contribution in [1.29, 1.82) is 0 Å². The number of aryl methyl sites for hydroxylation is 3. The van der Waals surface area contributed by atoms with Gasteiger partial charge in [-0.15, -0.1) is 0 Å². The Morgan fingerprint density at radius 2 is 2.07 bits per heavy atom. The first kappa shape index (κ1) is 20.9. The van der Waals surface area contributed by atoms with Gasteiger partial charge in [0.1, 0.15) is 0 Å². The van der Waals surface area contributed by atoms with E-state index in [1.54, 1.807) is 0 Å². The van der Waals surface area contributed by atoms with Gasteiger partial charge < -0.3 is 15.4 Å². The molecule has 0 unspecified atom stereocenters. The van der Waals surface area contributed by atoms with Crippen LogP contribution >= 0.6 is 0 Å². The molecule has 3 heterocycles. The van der Waals surface area contributed by atoms with Crippen LogP contribution in [0.4, 0.5) is 10.5 Å². The first-order chi connectivity index (χ1) is 14.5. The van der Waals surface area contributed by atoms with Crippen LogP contribution in [0.25, 0.3) is 0 Å². The number of fused-ring (bicyclic) bond motifs is 1. The maximum Gasteiger partial charge on any atom is 0.319 e. The number of hydrogen-bond donors (Lipinski definition) is 2. The number of likely N-dealkylation sites (tertiary alicyclic amines) is 1. The molecular weight excluding hydrogens is 378 g/mol. The Hall–Kier alpha value is -2.38. The number of amides is 2. The van der Waals surface area contributed by atoms with Crippen LogP contribution in [-0.2, 0) is 30.9 Å². The number of carbonyl (C=O) groups is 1. The maximum absolute atomic E-state index is 12.4. The molecule has 0 spiro atoms. The fourth-order valence-corrected chi connectivity index (χ4v) is 4.51. The molecule has 2 aromatic rings. The Labute approximate surface area is 178 Å². The van der Waals surface area contributed by atoms with Crippen molar-refractivity contribution in [1.82, 2.24) is 20.0 Å². The van der Waals surface area contributed by atoms with Gasteiger partial charge in [-0.05, 0) is 45.2 Å². The van der Waals surface area contributed by atoms with Crippen LogP contribution in [0.15, 0.2) is 18.2 Å². The first-order valence-electron chi connectivity index (χ1n) is 11.1. The van der Waals surface area contributed by atoms with E-state index in [2.05, 4.69) is 40.1 Å². The molecule has 162 valence electrons. The number of benzene rings is 1. The molecule has 7 nitrogen and oxygen atoms in total. The quantitative estimate of drug-likeness (QED) is 0.791. The van der Waals surface area contributed by atoms with Crippen molar-refractivity contribution >= 4 is 11.7 Å². The van der Waals surface area contributed by atoms with Crippen molar-refractivity contribution in [2.45, 2.75) is 65.8 Å². The molecule has 7 heteroatoms. The normalized spacial score (nSPS) is 17.6. The molecule has 2 aliphatic heterocycles. The highest BCUT2D eigenvalue weighted by molar-refractivity contribution is 5.90. The second kappa shape index (κ2) is 9.18. The highest BCUT2D eigenvalue weighted by Crippen LogP contribution is 2.23. The van der Waals surface area contributed by atoms with Crippen molar-refractivity contribution in [3.63, 3.8) is 0 Å². The van der Waals surface area contributed by atoms with E-state index in [4.69, 9.17) is 9.84 Å². The van der Waals surface area contributed by atoms with Crippen molar-refractivity contribution in [3.8, 4) is 0 Å². The van der Waals surface area contributed by atoms with Crippen LogP contribution in [0.3, 0.4) is 0 Å². The Kier molecular flexibility index (Phi) is 6.39. The van der Waals surface area contributed by atoms with Gasteiger partial charge in [0.05, 0.1) is 18.9 Å². The Morgan fingerprint density at radius 3 is 2.80 bits per heavy atom. The molecule has 30 heavy (non-hydrogen) atoms. The van der Waals surface area contributed by atoms with Gasteiger partial charge in [0.2, 0.25) is 0 Å². The van der Waals surface area contributed by atoms with Gasteiger partial charge in [-0.3, -0.25) is 9.58 Å². The molecule has 1 aromatic heterocycles. The number of nitrogens with zero attached hydrogens (tertiary/aromatic N) is 3. The number of hydrogen-bond acceptors (Lipinski definition) is 4. The van der Waals surface area contributed by atoms with Crippen molar-refractivity contribution in [2.24, 2.45) is 0 Å². The molecule has 4 rings (SSSR count). The number of anilines is 1. The Morgan fingerprint density at radius 1 is 1.27 bits per heavy atom.